The monoisotopic (exact) mass is 496 g/mol. The van der Waals surface area contributed by atoms with Crippen LogP contribution in [0.1, 0.15) is 41.0 Å². The highest BCUT2D eigenvalue weighted by Gasteiger charge is 2.38. The number of aryl methyl sites for hydroxylation is 1. The molecule has 0 aromatic carbocycles. The van der Waals surface area contributed by atoms with Crippen LogP contribution in [0.4, 0.5) is 24.9 Å². The molecule has 192 valence electrons. The number of aromatic nitrogens is 3. The van der Waals surface area contributed by atoms with Crippen molar-refractivity contribution >= 4 is 23.6 Å². The van der Waals surface area contributed by atoms with Crippen molar-refractivity contribution in [1.82, 2.24) is 19.9 Å². The summed E-state index contributed by atoms with van der Waals surface area (Å²) in [5, 5.41) is 10.5. The van der Waals surface area contributed by atoms with Gasteiger partial charge in [-0.25, -0.2) is 19.7 Å². The maximum Gasteiger partial charge on any atom is 0.490 e. The van der Waals surface area contributed by atoms with Gasteiger partial charge in [-0.15, -0.1) is 0 Å². The Morgan fingerprint density at radius 2 is 1.74 bits per heavy atom. The molecular formula is C23H31F3N6O3. The second-order valence-electron chi connectivity index (χ2n) is 8.82. The summed E-state index contributed by atoms with van der Waals surface area (Å²) in [4.78, 5) is 39.2. The maximum atomic E-state index is 12.7. The van der Waals surface area contributed by atoms with Crippen LogP contribution in [0.2, 0.25) is 0 Å². The van der Waals surface area contributed by atoms with Gasteiger partial charge in [-0.3, -0.25) is 4.79 Å². The van der Waals surface area contributed by atoms with E-state index in [-0.39, 0.29) is 5.91 Å². The molecule has 12 heteroatoms. The van der Waals surface area contributed by atoms with Crippen LogP contribution in [-0.4, -0.2) is 76.7 Å². The lowest BCUT2D eigenvalue weighted by atomic mass is 10.0. The molecular weight excluding hydrogens is 465 g/mol. The van der Waals surface area contributed by atoms with Gasteiger partial charge in [-0.1, -0.05) is 13.8 Å². The van der Waals surface area contributed by atoms with Crippen molar-refractivity contribution in [3.05, 3.63) is 40.8 Å². The molecule has 0 atom stereocenters. The van der Waals surface area contributed by atoms with Gasteiger partial charge in [0.15, 0.2) is 0 Å². The first-order valence-corrected chi connectivity index (χ1v) is 11.1. The van der Waals surface area contributed by atoms with E-state index in [1.54, 1.807) is 19.0 Å². The SMILES string of the molecule is Cc1cnc(N2CCc3cc(C(=O)N(C)C)c(NCC(C)C)nc3CC2)nc1.O=C(O)C(F)(F)F. The molecule has 3 heterocycles. The summed E-state index contributed by atoms with van der Waals surface area (Å²) in [6.07, 6.45) is 0.234. The number of carbonyl (C=O) groups is 2. The number of hydrogen-bond donors (Lipinski definition) is 2. The second-order valence-corrected chi connectivity index (χ2v) is 8.82. The minimum Gasteiger partial charge on any atom is -0.475 e. The summed E-state index contributed by atoms with van der Waals surface area (Å²) in [6, 6.07) is 2.02. The third kappa shape index (κ3) is 8.08. The van der Waals surface area contributed by atoms with Gasteiger partial charge in [0.2, 0.25) is 5.95 Å². The molecule has 0 saturated heterocycles. The predicted molar refractivity (Wildman–Crippen MR) is 126 cm³/mol. The number of carbonyl (C=O) groups excluding carboxylic acids is 1. The van der Waals surface area contributed by atoms with Crippen molar-refractivity contribution in [3.8, 4) is 0 Å². The number of nitrogens with zero attached hydrogens (tertiary/aromatic N) is 5. The quantitative estimate of drug-likeness (QED) is 0.649. The van der Waals surface area contributed by atoms with E-state index < -0.39 is 12.1 Å². The van der Waals surface area contributed by atoms with Crippen LogP contribution in [0, 0.1) is 12.8 Å². The lowest BCUT2D eigenvalue weighted by Gasteiger charge is -2.19. The third-order valence-corrected chi connectivity index (χ3v) is 5.07. The van der Waals surface area contributed by atoms with E-state index in [1.165, 1.54) is 0 Å². The molecule has 0 saturated carbocycles. The standard InChI is InChI=1S/C21H30N6O.C2HF3O2/c1-14(2)11-22-19-17(20(28)26(4)5)10-16-6-8-27(9-7-18(16)25-19)21-23-12-15(3)13-24-21;3-2(4,5)1(6)7/h10,12-14H,6-9,11H2,1-5H3,(H,22,25);(H,6,7). The molecule has 1 amide bonds. The topological polar surface area (TPSA) is 112 Å². The fourth-order valence-electron chi connectivity index (χ4n) is 3.22. The number of carboxylic acid groups (broad SMARTS) is 1. The van der Waals surface area contributed by atoms with Crippen LogP contribution >= 0.6 is 0 Å². The van der Waals surface area contributed by atoms with E-state index in [0.717, 1.165) is 55.2 Å². The number of hydrogen-bond acceptors (Lipinski definition) is 7. The van der Waals surface area contributed by atoms with Gasteiger partial charge in [0.1, 0.15) is 5.82 Å². The molecule has 0 radical (unpaired) electrons. The summed E-state index contributed by atoms with van der Waals surface area (Å²) in [5.74, 6) is -0.874. The Kier molecular flexibility index (Phi) is 9.38. The fraction of sp³-hybridized carbons (Fsp3) is 0.522. The largest absolute Gasteiger partial charge is 0.490 e. The molecule has 35 heavy (non-hydrogen) atoms. The zero-order valence-corrected chi connectivity index (χ0v) is 20.5. The first-order chi connectivity index (χ1) is 16.3. The van der Waals surface area contributed by atoms with Crippen molar-refractivity contribution in [1.29, 1.82) is 0 Å². The molecule has 2 aromatic heterocycles. The highest BCUT2D eigenvalue weighted by atomic mass is 19.4. The number of carboxylic acids is 1. The zero-order valence-electron chi connectivity index (χ0n) is 20.5. The van der Waals surface area contributed by atoms with Crippen molar-refractivity contribution in [2.24, 2.45) is 5.92 Å². The Morgan fingerprint density at radius 3 is 2.26 bits per heavy atom. The highest BCUT2D eigenvalue weighted by Crippen LogP contribution is 2.24. The van der Waals surface area contributed by atoms with E-state index in [0.29, 0.717) is 17.3 Å². The molecule has 0 bridgehead atoms. The van der Waals surface area contributed by atoms with Crippen LogP contribution in [0.15, 0.2) is 18.5 Å². The first-order valence-electron chi connectivity index (χ1n) is 11.1. The van der Waals surface area contributed by atoms with E-state index in [1.807, 2.05) is 25.4 Å². The van der Waals surface area contributed by atoms with Crippen molar-refractivity contribution in [2.75, 3.05) is 43.9 Å². The summed E-state index contributed by atoms with van der Waals surface area (Å²) < 4.78 is 31.7. The van der Waals surface area contributed by atoms with E-state index >= 15 is 0 Å². The molecule has 1 aliphatic rings. The number of amides is 1. The normalized spacial score (nSPS) is 13.3. The molecule has 3 rings (SSSR count). The average Bonchev–Trinajstić information content (AvgIpc) is 2.99. The number of nitrogens with one attached hydrogen (secondary N) is 1. The Morgan fingerprint density at radius 1 is 1.17 bits per heavy atom. The molecule has 0 aliphatic carbocycles. The summed E-state index contributed by atoms with van der Waals surface area (Å²) in [5.41, 5.74) is 3.88. The van der Waals surface area contributed by atoms with Gasteiger partial charge < -0.3 is 20.2 Å². The number of halogens is 3. The minimum absolute atomic E-state index is 0.0236. The van der Waals surface area contributed by atoms with Crippen molar-refractivity contribution in [2.45, 2.75) is 39.8 Å². The van der Waals surface area contributed by atoms with E-state index in [2.05, 4.69) is 34.0 Å². The van der Waals surface area contributed by atoms with Gasteiger partial charge in [0.05, 0.1) is 5.56 Å². The van der Waals surface area contributed by atoms with E-state index in [4.69, 9.17) is 14.9 Å². The van der Waals surface area contributed by atoms with E-state index in [9.17, 15) is 18.0 Å². The smallest absolute Gasteiger partial charge is 0.475 e. The van der Waals surface area contributed by atoms with Gasteiger partial charge in [0, 0.05) is 58.2 Å². The van der Waals surface area contributed by atoms with Crippen LogP contribution in [0.5, 0.6) is 0 Å². The van der Waals surface area contributed by atoms with Gasteiger partial charge in [0.25, 0.3) is 5.91 Å². The van der Waals surface area contributed by atoms with Crippen LogP contribution in [-0.2, 0) is 17.6 Å². The second kappa shape index (κ2) is 11.8. The Hall–Kier alpha value is -3.44. The summed E-state index contributed by atoms with van der Waals surface area (Å²) in [6.45, 7) is 8.68. The van der Waals surface area contributed by atoms with Crippen molar-refractivity contribution < 1.29 is 27.9 Å². The maximum absolute atomic E-state index is 12.7. The Balaban J connectivity index is 0.000000540. The summed E-state index contributed by atoms with van der Waals surface area (Å²) >= 11 is 0. The number of aliphatic carboxylic acids is 1. The average molecular weight is 497 g/mol. The van der Waals surface area contributed by atoms with Gasteiger partial charge in [-0.2, -0.15) is 13.2 Å². The Labute approximate surface area is 202 Å². The number of alkyl halides is 3. The molecule has 0 unspecified atom stereocenters. The lowest BCUT2D eigenvalue weighted by Crippen LogP contribution is -2.27. The predicted octanol–water partition coefficient (Wildman–Crippen LogP) is 3.19. The van der Waals surface area contributed by atoms with Crippen LogP contribution < -0.4 is 10.2 Å². The molecule has 9 nitrogen and oxygen atoms in total. The third-order valence-electron chi connectivity index (χ3n) is 5.07. The number of anilines is 2. The zero-order chi connectivity index (χ0) is 26.3. The van der Waals surface area contributed by atoms with Crippen LogP contribution in [0.25, 0.3) is 0 Å². The molecule has 2 aromatic rings. The van der Waals surface area contributed by atoms with Gasteiger partial charge >= 0.3 is 12.1 Å². The highest BCUT2D eigenvalue weighted by molar-refractivity contribution is 5.98. The summed E-state index contributed by atoms with van der Waals surface area (Å²) in [7, 11) is 3.55. The van der Waals surface area contributed by atoms with Crippen molar-refractivity contribution in [3.63, 3.8) is 0 Å². The first kappa shape index (κ1) is 27.8. The Bertz CT molecular complexity index is 1030. The molecule has 0 fully saturated rings. The number of pyridine rings is 1. The lowest BCUT2D eigenvalue weighted by molar-refractivity contribution is -0.192. The van der Waals surface area contributed by atoms with Gasteiger partial charge in [-0.05, 0) is 36.5 Å². The molecule has 0 spiro atoms. The fourth-order valence-corrected chi connectivity index (χ4v) is 3.22. The number of fused-ring (bicyclic) bond motifs is 1. The minimum atomic E-state index is -5.08. The molecule has 1 aliphatic heterocycles. The number of rotatable bonds is 5. The van der Waals surface area contributed by atoms with Crippen LogP contribution in [0.3, 0.4) is 0 Å². The molecule has 2 N–H and O–H groups in total.